The van der Waals surface area contributed by atoms with Crippen LogP contribution in [0.4, 0.5) is 0 Å². The smallest absolute Gasteiger partial charge is 0.161 e. The number of fused-ring (bicyclic) bond motifs is 1. The Hall–Kier alpha value is -1.64. The van der Waals surface area contributed by atoms with Gasteiger partial charge in [-0.05, 0) is 54.0 Å². The van der Waals surface area contributed by atoms with Crippen LogP contribution in [0.1, 0.15) is 28.8 Å². The summed E-state index contributed by atoms with van der Waals surface area (Å²) in [5, 5.41) is 22.1. The second-order valence-corrected chi connectivity index (χ2v) is 9.31. The number of β-amino-alcohol motifs (C(OH)–C–C–N with tert-alkyl or cyclic N) is 1. The van der Waals surface area contributed by atoms with Crippen molar-refractivity contribution < 1.29 is 19.7 Å². The predicted octanol–water partition coefficient (Wildman–Crippen LogP) is 2.51. The third kappa shape index (κ3) is 5.53. The SMILES string of the molecule is COc1cc(CN2CCc3sccc3C2)ccc1OCC(O)CN1CCC(O)CC1. The van der Waals surface area contributed by atoms with Crippen molar-refractivity contribution in [3.05, 3.63) is 45.6 Å². The molecule has 2 N–H and O–H groups in total. The number of thiophene rings is 1. The molecule has 2 aromatic rings. The van der Waals surface area contributed by atoms with E-state index in [2.05, 4.69) is 27.3 Å². The molecule has 6 nitrogen and oxygen atoms in total. The van der Waals surface area contributed by atoms with Gasteiger partial charge in [-0.3, -0.25) is 4.90 Å². The van der Waals surface area contributed by atoms with Crippen LogP contribution in [0, 0.1) is 0 Å². The number of aliphatic hydroxyl groups is 2. The highest BCUT2D eigenvalue weighted by molar-refractivity contribution is 7.10. The second kappa shape index (κ2) is 10.1. The Kier molecular flexibility index (Phi) is 7.28. The maximum Gasteiger partial charge on any atom is 0.161 e. The first-order valence-electron chi connectivity index (χ1n) is 10.8. The van der Waals surface area contributed by atoms with E-state index in [4.69, 9.17) is 9.47 Å². The quantitative estimate of drug-likeness (QED) is 0.668. The molecule has 7 heteroatoms. The first-order valence-corrected chi connectivity index (χ1v) is 11.6. The summed E-state index contributed by atoms with van der Waals surface area (Å²) in [6.45, 7) is 5.38. The number of ether oxygens (including phenoxy) is 2. The van der Waals surface area contributed by atoms with E-state index in [1.54, 1.807) is 7.11 Å². The summed E-state index contributed by atoms with van der Waals surface area (Å²) < 4.78 is 11.4. The zero-order valence-corrected chi connectivity index (χ0v) is 18.4. The minimum Gasteiger partial charge on any atom is -0.493 e. The van der Waals surface area contributed by atoms with Gasteiger partial charge in [-0.15, -0.1) is 11.3 Å². The third-order valence-electron chi connectivity index (χ3n) is 5.98. The van der Waals surface area contributed by atoms with Crippen LogP contribution in [0.5, 0.6) is 11.5 Å². The first-order chi connectivity index (χ1) is 14.6. The molecule has 0 amide bonds. The van der Waals surface area contributed by atoms with E-state index in [0.717, 1.165) is 52.0 Å². The number of piperidine rings is 1. The second-order valence-electron chi connectivity index (χ2n) is 8.31. The molecule has 4 rings (SSSR count). The van der Waals surface area contributed by atoms with Gasteiger partial charge in [0.2, 0.25) is 0 Å². The topological polar surface area (TPSA) is 65.4 Å². The van der Waals surface area contributed by atoms with Gasteiger partial charge < -0.3 is 24.6 Å². The number of hydrogen-bond acceptors (Lipinski definition) is 7. The van der Waals surface area contributed by atoms with Gasteiger partial charge in [0.25, 0.3) is 0 Å². The summed E-state index contributed by atoms with van der Waals surface area (Å²) in [7, 11) is 1.65. The highest BCUT2D eigenvalue weighted by Crippen LogP contribution is 2.30. The lowest BCUT2D eigenvalue weighted by Crippen LogP contribution is -2.41. The van der Waals surface area contributed by atoms with Gasteiger partial charge in [0.1, 0.15) is 12.7 Å². The molecular weight excluding hydrogens is 400 g/mol. The monoisotopic (exact) mass is 432 g/mol. The summed E-state index contributed by atoms with van der Waals surface area (Å²) in [5.74, 6) is 1.36. The molecule has 2 aliphatic rings. The standard InChI is InChI=1S/C23H32N2O4S/c1-28-22-12-17(13-25-10-6-23-18(14-25)7-11-30-23)2-3-21(22)29-16-20(27)15-24-8-4-19(26)5-9-24/h2-3,7,11-12,19-20,26-27H,4-6,8-10,13-16H2,1H3. The molecule has 3 heterocycles. The van der Waals surface area contributed by atoms with E-state index in [0.29, 0.717) is 18.0 Å². The lowest BCUT2D eigenvalue weighted by Gasteiger charge is -2.31. The summed E-state index contributed by atoms with van der Waals surface area (Å²) in [6.07, 6.45) is 1.90. The lowest BCUT2D eigenvalue weighted by molar-refractivity contribution is 0.0333. The largest absolute Gasteiger partial charge is 0.493 e. The van der Waals surface area contributed by atoms with Crippen LogP contribution in [0.2, 0.25) is 0 Å². The normalized spacial score (nSPS) is 19.4. The van der Waals surface area contributed by atoms with Crippen LogP contribution in [0.15, 0.2) is 29.6 Å². The third-order valence-corrected chi connectivity index (χ3v) is 7.00. The molecule has 0 bridgehead atoms. The number of likely N-dealkylation sites (tertiary alicyclic amines) is 1. The summed E-state index contributed by atoms with van der Waals surface area (Å²) in [5.41, 5.74) is 2.65. The van der Waals surface area contributed by atoms with Gasteiger partial charge in [0.15, 0.2) is 11.5 Å². The zero-order valence-electron chi connectivity index (χ0n) is 17.6. The van der Waals surface area contributed by atoms with E-state index in [-0.39, 0.29) is 12.7 Å². The molecule has 164 valence electrons. The van der Waals surface area contributed by atoms with Crippen molar-refractivity contribution in [2.45, 2.75) is 44.6 Å². The molecule has 0 radical (unpaired) electrons. The van der Waals surface area contributed by atoms with Crippen LogP contribution in [0.3, 0.4) is 0 Å². The molecule has 0 spiro atoms. The van der Waals surface area contributed by atoms with E-state index < -0.39 is 6.10 Å². The van der Waals surface area contributed by atoms with Crippen LogP contribution in [0.25, 0.3) is 0 Å². The van der Waals surface area contributed by atoms with Gasteiger partial charge in [-0.25, -0.2) is 0 Å². The highest BCUT2D eigenvalue weighted by atomic mass is 32.1. The fraction of sp³-hybridized carbons (Fsp3) is 0.565. The Morgan fingerprint density at radius 2 is 1.97 bits per heavy atom. The van der Waals surface area contributed by atoms with Gasteiger partial charge in [0.05, 0.1) is 13.2 Å². The molecule has 1 atom stereocenters. The maximum absolute atomic E-state index is 10.3. The molecular formula is C23H32N2O4S. The van der Waals surface area contributed by atoms with E-state index in [1.165, 1.54) is 16.0 Å². The number of methoxy groups -OCH3 is 1. The Bertz CT molecular complexity index is 819. The minimum absolute atomic E-state index is 0.199. The van der Waals surface area contributed by atoms with Gasteiger partial charge in [-0.1, -0.05) is 6.07 Å². The number of nitrogens with zero attached hydrogens (tertiary/aromatic N) is 2. The van der Waals surface area contributed by atoms with Gasteiger partial charge >= 0.3 is 0 Å². The summed E-state index contributed by atoms with van der Waals surface area (Å²) >= 11 is 1.86. The Balaban J connectivity index is 1.29. The fourth-order valence-corrected chi connectivity index (χ4v) is 5.16. The van der Waals surface area contributed by atoms with E-state index >= 15 is 0 Å². The molecule has 1 aromatic heterocycles. The fourth-order valence-electron chi connectivity index (χ4n) is 4.27. The van der Waals surface area contributed by atoms with Crippen molar-refractivity contribution in [3.8, 4) is 11.5 Å². The molecule has 0 saturated carbocycles. The van der Waals surface area contributed by atoms with Gasteiger partial charge in [0, 0.05) is 44.1 Å². The van der Waals surface area contributed by atoms with Crippen molar-refractivity contribution in [2.24, 2.45) is 0 Å². The van der Waals surface area contributed by atoms with E-state index in [1.807, 2.05) is 23.5 Å². The molecule has 1 unspecified atom stereocenters. The number of aliphatic hydroxyl groups excluding tert-OH is 2. The van der Waals surface area contributed by atoms with Gasteiger partial charge in [-0.2, -0.15) is 0 Å². The first kappa shape index (κ1) is 21.6. The van der Waals surface area contributed by atoms with E-state index in [9.17, 15) is 10.2 Å². The van der Waals surface area contributed by atoms with Crippen LogP contribution >= 0.6 is 11.3 Å². The number of hydrogen-bond donors (Lipinski definition) is 2. The van der Waals surface area contributed by atoms with Crippen molar-refractivity contribution in [1.82, 2.24) is 9.80 Å². The van der Waals surface area contributed by atoms with Crippen molar-refractivity contribution in [2.75, 3.05) is 39.9 Å². The van der Waals surface area contributed by atoms with Crippen LogP contribution < -0.4 is 9.47 Å². The summed E-state index contributed by atoms with van der Waals surface area (Å²) in [6, 6.07) is 8.30. The highest BCUT2D eigenvalue weighted by Gasteiger charge is 2.21. The molecule has 0 aliphatic carbocycles. The Labute approximate surface area is 182 Å². The predicted molar refractivity (Wildman–Crippen MR) is 118 cm³/mol. The average molecular weight is 433 g/mol. The van der Waals surface area contributed by atoms with Crippen LogP contribution in [-0.4, -0.2) is 72.1 Å². The summed E-state index contributed by atoms with van der Waals surface area (Å²) in [4.78, 5) is 6.16. The molecule has 1 aromatic carbocycles. The molecule has 2 aliphatic heterocycles. The molecule has 1 fully saturated rings. The maximum atomic E-state index is 10.3. The minimum atomic E-state index is -0.571. The Morgan fingerprint density at radius 3 is 2.77 bits per heavy atom. The van der Waals surface area contributed by atoms with Crippen molar-refractivity contribution in [3.63, 3.8) is 0 Å². The molecule has 1 saturated heterocycles. The number of benzene rings is 1. The Morgan fingerprint density at radius 1 is 1.13 bits per heavy atom. The zero-order chi connectivity index (χ0) is 20.9. The average Bonchev–Trinajstić information content (AvgIpc) is 3.22. The molecule has 30 heavy (non-hydrogen) atoms. The van der Waals surface area contributed by atoms with Crippen LogP contribution in [-0.2, 0) is 19.5 Å². The number of rotatable bonds is 8. The van der Waals surface area contributed by atoms with Crippen molar-refractivity contribution in [1.29, 1.82) is 0 Å². The lowest BCUT2D eigenvalue weighted by atomic mass is 10.1. The van der Waals surface area contributed by atoms with Crippen molar-refractivity contribution >= 4 is 11.3 Å².